The molecule has 1 heterocycles. The fourth-order valence-electron chi connectivity index (χ4n) is 1.55. The number of thiophene rings is 1. The number of rotatable bonds is 3. The van der Waals surface area contributed by atoms with Gasteiger partial charge in [-0.25, -0.2) is 4.39 Å². The van der Waals surface area contributed by atoms with Crippen molar-refractivity contribution in [3.8, 4) is 0 Å². The minimum Gasteiger partial charge on any atom is -0.323 e. The smallest absolute Gasteiger partial charge is 0.126 e. The summed E-state index contributed by atoms with van der Waals surface area (Å²) in [7, 11) is 0. The Morgan fingerprint density at radius 1 is 1.29 bits per heavy atom. The average molecular weight is 379 g/mol. The van der Waals surface area contributed by atoms with E-state index in [2.05, 4.69) is 31.9 Å². The number of hydrogen-bond donors (Lipinski definition) is 1. The quantitative estimate of drug-likeness (QED) is 0.826. The minimum absolute atomic E-state index is 0.181. The molecule has 1 aromatic carbocycles. The van der Waals surface area contributed by atoms with E-state index in [1.54, 1.807) is 23.5 Å². The summed E-state index contributed by atoms with van der Waals surface area (Å²) < 4.78 is 15.5. The largest absolute Gasteiger partial charge is 0.323 e. The molecule has 17 heavy (non-hydrogen) atoms. The summed E-state index contributed by atoms with van der Waals surface area (Å²) >= 11 is 8.41. The van der Waals surface area contributed by atoms with Gasteiger partial charge >= 0.3 is 0 Å². The van der Waals surface area contributed by atoms with Crippen molar-refractivity contribution < 1.29 is 4.39 Å². The summed E-state index contributed by atoms with van der Waals surface area (Å²) in [5.41, 5.74) is 6.73. The maximum Gasteiger partial charge on any atom is 0.126 e. The fraction of sp³-hybridized carbons (Fsp3) is 0.167. The van der Waals surface area contributed by atoms with E-state index in [1.807, 2.05) is 12.1 Å². The van der Waals surface area contributed by atoms with Crippen LogP contribution in [0, 0.1) is 5.82 Å². The molecule has 90 valence electrons. The normalized spacial score (nSPS) is 12.7. The van der Waals surface area contributed by atoms with Crippen LogP contribution in [0.15, 0.2) is 38.6 Å². The van der Waals surface area contributed by atoms with Crippen molar-refractivity contribution in [2.24, 2.45) is 5.73 Å². The Hall–Kier alpha value is -0.230. The van der Waals surface area contributed by atoms with E-state index in [-0.39, 0.29) is 11.9 Å². The van der Waals surface area contributed by atoms with Gasteiger partial charge in [-0.05, 0) is 56.0 Å². The Labute approximate surface area is 120 Å². The zero-order valence-corrected chi connectivity index (χ0v) is 12.8. The topological polar surface area (TPSA) is 26.0 Å². The molecule has 5 heteroatoms. The summed E-state index contributed by atoms with van der Waals surface area (Å²) in [6.07, 6.45) is 0.506. The summed E-state index contributed by atoms with van der Waals surface area (Å²) in [6, 6.07) is 8.53. The first kappa shape index (κ1) is 13.2. The van der Waals surface area contributed by atoms with Crippen LogP contribution in [-0.4, -0.2) is 0 Å². The van der Waals surface area contributed by atoms with Crippen molar-refractivity contribution in [2.75, 3.05) is 0 Å². The lowest BCUT2D eigenvalue weighted by atomic mass is 10.1. The molecule has 1 unspecified atom stereocenters. The van der Waals surface area contributed by atoms with Crippen molar-refractivity contribution in [3.05, 3.63) is 54.8 Å². The van der Waals surface area contributed by atoms with Crippen molar-refractivity contribution >= 4 is 43.2 Å². The summed E-state index contributed by atoms with van der Waals surface area (Å²) in [5.74, 6) is -0.197. The molecule has 0 saturated carbocycles. The van der Waals surface area contributed by atoms with Gasteiger partial charge in [-0.2, -0.15) is 0 Å². The van der Waals surface area contributed by atoms with Crippen LogP contribution < -0.4 is 5.73 Å². The van der Waals surface area contributed by atoms with Crippen molar-refractivity contribution in [3.63, 3.8) is 0 Å². The predicted molar refractivity (Wildman–Crippen MR) is 76.8 cm³/mol. The third-order valence-corrected chi connectivity index (χ3v) is 5.82. The van der Waals surface area contributed by atoms with Crippen LogP contribution in [0.1, 0.15) is 16.5 Å². The second-order valence-electron chi connectivity index (χ2n) is 3.67. The second-order valence-corrected chi connectivity index (χ2v) is 6.93. The predicted octanol–water partition coefficient (Wildman–Crippen LogP) is 4.65. The van der Waals surface area contributed by atoms with E-state index >= 15 is 0 Å². The zero-order chi connectivity index (χ0) is 12.4. The first-order valence-corrected chi connectivity index (χ1v) is 7.42. The Kier molecular flexibility index (Phi) is 4.36. The standard InChI is InChI=1S/C12H10Br2FNS/c13-8-6-11(17-12(8)14)10(16)5-7-3-1-2-4-9(7)15/h1-4,6,10H,5,16H2. The second kappa shape index (κ2) is 5.61. The molecule has 0 spiro atoms. The molecule has 1 atom stereocenters. The molecule has 0 radical (unpaired) electrons. The monoisotopic (exact) mass is 377 g/mol. The van der Waals surface area contributed by atoms with E-state index in [4.69, 9.17) is 5.73 Å². The Balaban J connectivity index is 2.17. The highest BCUT2D eigenvalue weighted by Crippen LogP contribution is 2.35. The van der Waals surface area contributed by atoms with E-state index in [0.717, 1.165) is 13.1 Å². The highest BCUT2D eigenvalue weighted by Gasteiger charge is 2.14. The van der Waals surface area contributed by atoms with E-state index in [9.17, 15) is 4.39 Å². The van der Waals surface area contributed by atoms with Gasteiger partial charge in [0.15, 0.2) is 0 Å². The molecule has 2 aromatic rings. The molecule has 0 aliphatic carbocycles. The summed E-state index contributed by atoms with van der Waals surface area (Å²) in [5, 5.41) is 0. The molecule has 0 aliphatic rings. The molecule has 0 aliphatic heterocycles. The fourth-order valence-corrected chi connectivity index (χ4v) is 3.64. The maximum absolute atomic E-state index is 13.5. The van der Waals surface area contributed by atoms with Crippen molar-refractivity contribution in [2.45, 2.75) is 12.5 Å². The average Bonchev–Trinajstić information content (AvgIpc) is 2.63. The van der Waals surface area contributed by atoms with Crippen LogP contribution in [0.25, 0.3) is 0 Å². The molecule has 1 nitrogen and oxygen atoms in total. The van der Waals surface area contributed by atoms with Crippen LogP contribution >= 0.6 is 43.2 Å². The lowest BCUT2D eigenvalue weighted by Gasteiger charge is -2.09. The first-order valence-electron chi connectivity index (χ1n) is 5.01. The van der Waals surface area contributed by atoms with Gasteiger partial charge in [-0.1, -0.05) is 18.2 Å². The van der Waals surface area contributed by atoms with Crippen molar-refractivity contribution in [1.29, 1.82) is 0 Å². The number of halogens is 3. The minimum atomic E-state index is -0.197. The summed E-state index contributed by atoms with van der Waals surface area (Å²) in [4.78, 5) is 1.03. The highest BCUT2D eigenvalue weighted by molar-refractivity contribution is 9.13. The van der Waals surface area contributed by atoms with Gasteiger partial charge in [0, 0.05) is 15.4 Å². The van der Waals surface area contributed by atoms with E-state index < -0.39 is 0 Å². The van der Waals surface area contributed by atoms with Gasteiger partial charge in [-0.15, -0.1) is 11.3 Å². The number of hydrogen-bond acceptors (Lipinski definition) is 2. The highest BCUT2D eigenvalue weighted by atomic mass is 79.9. The third kappa shape index (κ3) is 3.16. The Bertz CT molecular complexity index is 507. The molecule has 0 saturated heterocycles. The molecule has 1 aromatic heterocycles. The molecule has 2 N–H and O–H groups in total. The van der Waals surface area contributed by atoms with Gasteiger partial charge in [0.05, 0.1) is 3.79 Å². The van der Waals surface area contributed by atoms with Crippen LogP contribution in [0.2, 0.25) is 0 Å². The Morgan fingerprint density at radius 3 is 2.59 bits per heavy atom. The van der Waals surface area contributed by atoms with Crippen LogP contribution in [0.3, 0.4) is 0 Å². The molecular formula is C12H10Br2FNS. The first-order chi connectivity index (χ1) is 8.08. The van der Waals surface area contributed by atoms with Crippen LogP contribution in [0.4, 0.5) is 4.39 Å². The lowest BCUT2D eigenvalue weighted by molar-refractivity contribution is 0.595. The molecule has 2 rings (SSSR count). The SMILES string of the molecule is NC(Cc1ccccc1F)c1cc(Br)c(Br)s1. The van der Waals surface area contributed by atoms with Gasteiger partial charge in [0.1, 0.15) is 5.82 Å². The number of nitrogens with two attached hydrogens (primary N) is 1. The van der Waals surface area contributed by atoms with Crippen LogP contribution in [0.5, 0.6) is 0 Å². The van der Waals surface area contributed by atoms with Gasteiger partial charge in [-0.3, -0.25) is 0 Å². The Morgan fingerprint density at radius 2 is 2.00 bits per heavy atom. The molecule has 0 amide bonds. The third-order valence-electron chi connectivity index (χ3n) is 2.43. The van der Waals surface area contributed by atoms with Crippen molar-refractivity contribution in [1.82, 2.24) is 0 Å². The van der Waals surface area contributed by atoms with E-state index in [1.165, 1.54) is 6.07 Å². The zero-order valence-electron chi connectivity index (χ0n) is 8.79. The number of benzene rings is 1. The van der Waals surface area contributed by atoms with E-state index in [0.29, 0.717) is 12.0 Å². The van der Waals surface area contributed by atoms with Gasteiger partial charge < -0.3 is 5.73 Å². The lowest BCUT2D eigenvalue weighted by Crippen LogP contribution is -2.12. The van der Waals surface area contributed by atoms with Gasteiger partial charge in [0.2, 0.25) is 0 Å². The van der Waals surface area contributed by atoms with Gasteiger partial charge in [0.25, 0.3) is 0 Å². The summed E-state index contributed by atoms with van der Waals surface area (Å²) in [6.45, 7) is 0. The molecular weight excluding hydrogens is 369 g/mol. The molecule has 0 fully saturated rings. The van der Waals surface area contributed by atoms with Crippen LogP contribution in [-0.2, 0) is 6.42 Å². The molecule has 0 bridgehead atoms. The maximum atomic E-state index is 13.5.